The van der Waals surface area contributed by atoms with Gasteiger partial charge in [-0.25, -0.2) is 0 Å². The highest BCUT2D eigenvalue weighted by molar-refractivity contribution is 9.10. The van der Waals surface area contributed by atoms with Gasteiger partial charge in [0.2, 0.25) is 0 Å². The van der Waals surface area contributed by atoms with E-state index < -0.39 is 0 Å². The lowest BCUT2D eigenvalue weighted by molar-refractivity contribution is 0.0770. The van der Waals surface area contributed by atoms with Gasteiger partial charge in [-0.3, -0.25) is 4.90 Å². The molecule has 0 spiro atoms. The SMILES string of the molecule is C[C@H]1CC[C@H](CO)CN1Cc1ccc(C#N)cc1Br. The smallest absolute Gasteiger partial charge is 0.0992 e. The molecule has 0 aliphatic carbocycles. The number of hydrogen-bond acceptors (Lipinski definition) is 3. The lowest BCUT2D eigenvalue weighted by atomic mass is 9.93. The summed E-state index contributed by atoms with van der Waals surface area (Å²) in [5.41, 5.74) is 1.87. The Morgan fingerprint density at radius 1 is 1.47 bits per heavy atom. The van der Waals surface area contributed by atoms with Crippen LogP contribution in [-0.2, 0) is 6.54 Å². The lowest BCUT2D eigenvalue weighted by Crippen LogP contribution is -2.42. The summed E-state index contributed by atoms with van der Waals surface area (Å²) in [4.78, 5) is 2.41. The Kier molecular flexibility index (Phi) is 4.98. The molecule has 102 valence electrons. The molecule has 1 aromatic carbocycles. The summed E-state index contributed by atoms with van der Waals surface area (Å²) >= 11 is 3.54. The maximum atomic E-state index is 9.31. The Labute approximate surface area is 123 Å². The summed E-state index contributed by atoms with van der Waals surface area (Å²) in [6, 6.07) is 8.43. The molecule has 19 heavy (non-hydrogen) atoms. The maximum Gasteiger partial charge on any atom is 0.0992 e. The van der Waals surface area contributed by atoms with E-state index in [2.05, 4.69) is 33.8 Å². The van der Waals surface area contributed by atoms with Gasteiger partial charge in [0.1, 0.15) is 0 Å². The van der Waals surface area contributed by atoms with Gasteiger partial charge in [0, 0.05) is 30.2 Å². The number of halogens is 1. The minimum Gasteiger partial charge on any atom is -0.396 e. The number of aliphatic hydroxyl groups is 1. The molecule has 2 atom stereocenters. The van der Waals surface area contributed by atoms with Crippen LogP contribution < -0.4 is 0 Å². The second-order valence-electron chi connectivity index (χ2n) is 5.32. The molecule has 1 saturated heterocycles. The summed E-state index contributed by atoms with van der Waals surface area (Å²) in [5, 5.41) is 18.2. The topological polar surface area (TPSA) is 47.3 Å². The Bertz CT molecular complexity index is 484. The van der Waals surface area contributed by atoms with Crippen molar-refractivity contribution in [2.24, 2.45) is 5.92 Å². The molecule has 1 fully saturated rings. The van der Waals surface area contributed by atoms with Crippen LogP contribution in [0.2, 0.25) is 0 Å². The Balaban J connectivity index is 2.09. The molecule has 1 heterocycles. The van der Waals surface area contributed by atoms with Crippen LogP contribution in [0, 0.1) is 17.2 Å². The fraction of sp³-hybridized carbons (Fsp3) is 0.533. The number of rotatable bonds is 3. The maximum absolute atomic E-state index is 9.31. The largest absolute Gasteiger partial charge is 0.396 e. The number of nitrogens with zero attached hydrogens (tertiary/aromatic N) is 2. The Morgan fingerprint density at radius 2 is 2.26 bits per heavy atom. The molecular formula is C15H19BrN2O. The highest BCUT2D eigenvalue weighted by Crippen LogP contribution is 2.26. The van der Waals surface area contributed by atoms with E-state index in [0.29, 0.717) is 17.5 Å². The van der Waals surface area contributed by atoms with E-state index in [0.717, 1.165) is 30.4 Å². The van der Waals surface area contributed by atoms with Crippen molar-refractivity contribution >= 4 is 15.9 Å². The normalized spacial score (nSPS) is 24.1. The minimum atomic E-state index is 0.276. The Morgan fingerprint density at radius 3 is 2.89 bits per heavy atom. The van der Waals surface area contributed by atoms with Gasteiger partial charge in [0.25, 0.3) is 0 Å². The van der Waals surface area contributed by atoms with E-state index in [1.54, 1.807) is 0 Å². The van der Waals surface area contributed by atoms with E-state index in [-0.39, 0.29) is 6.61 Å². The first-order valence-corrected chi connectivity index (χ1v) is 7.46. The average molecular weight is 323 g/mol. The quantitative estimate of drug-likeness (QED) is 0.930. The highest BCUT2D eigenvalue weighted by atomic mass is 79.9. The standard InChI is InChI=1S/C15H19BrN2O/c1-11-2-3-13(10-19)8-18(11)9-14-5-4-12(7-17)6-15(14)16/h4-6,11,13,19H,2-3,8-10H2,1H3/t11-,13-/m0/s1. The number of nitriles is 1. The van der Waals surface area contributed by atoms with Crippen molar-refractivity contribution in [3.8, 4) is 6.07 Å². The molecule has 4 heteroatoms. The Hall–Kier alpha value is -0.890. The van der Waals surface area contributed by atoms with Gasteiger partial charge in [-0.2, -0.15) is 5.26 Å². The predicted octanol–water partition coefficient (Wildman–Crippen LogP) is 2.91. The molecule has 0 saturated carbocycles. The van der Waals surface area contributed by atoms with Crippen LogP contribution in [0.25, 0.3) is 0 Å². The van der Waals surface area contributed by atoms with Gasteiger partial charge in [-0.15, -0.1) is 0 Å². The molecule has 2 rings (SSSR count). The average Bonchev–Trinajstić information content (AvgIpc) is 2.43. The fourth-order valence-electron chi connectivity index (χ4n) is 2.60. The van der Waals surface area contributed by atoms with Gasteiger partial charge < -0.3 is 5.11 Å². The third kappa shape index (κ3) is 3.56. The predicted molar refractivity (Wildman–Crippen MR) is 78.5 cm³/mol. The molecule has 0 bridgehead atoms. The molecule has 0 aromatic heterocycles. The van der Waals surface area contributed by atoms with Crippen molar-refractivity contribution in [2.45, 2.75) is 32.4 Å². The zero-order chi connectivity index (χ0) is 13.8. The van der Waals surface area contributed by atoms with Gasteiger partial charge in [0.05, 0.1) is 11.6 Å². The van der Waals surface area contributed by atoms with Crippen molar-refractivity contribution < 1.29 is 5.11 Å². The third-order valence-electron chi connectivity index (χ3n) is 3.92. The van der Waals surface area contributed by atoms with Crippen molar-refractivity contribution in [3.05, 3.63) is 33.8 Å². The van der Waals surface area contributed by atoms with Gasteiger partial charge in [-0.1, -0.05) is 22.0 Å². The molecule has 1 aliphatic rings. The number of benzene rings is 1. The van der Waals surface area contributed by atoms with Gasteiger partial charge >= 0.3 is 0 Å². The molecule has 1 aliphatic heterocycles. The van der Waals surface area contributed by atoms with Crippen LogP contribution in [0.15, 0.2) is 22.7 Å². The summed E-state index contributed by atoms with van der Waals surface area (Å²) in [6.07, 6.45) is 2.25. The molecule has 0 unspecified atom stereocenters. The van der Waals surface area contributed by atoms with E-state index in [1.165, 1.54) is 5.56 Å². The third-order valence-corrected chi connectivity index (χ3v) is 4.66. The first kappa shape index (κ1) is 14.5. The molecule has 1 N–H and O–H groups in total. The van der Waals surface area contributed by atoms with Crippen molar-refractivity contribution in [1.29, 1.82) is 5.26 Å². The van der Waals surface area contributed by atoms with Gasteiger partial charge in [-0.05, 0) is 43.4 Å². The minimum absolute atomic E-state index is 0.276. The van der Waals surface area contributed by atoms with Crippen LogP contribution in [0.5, 0.6) is 0 Å². The summed E-state index contributed by atoms with van der Waals surface area (Å²) in [5.74, 6) is 0.397. The molecule has 0 amide bonds. The number of aliphatic hydroxyl groups excluding tert-OH is 1. The van der Waals surface area contributed by atoms with Crippen LogP contribution in [0.4, 0.5) is 0 Å². The fourth-order valence-corrected chi connectivity index (χ4v) is 3.10. The first-order chi connectivity index (χ1) is 9.13. The number of hydrogen-bond donors (Lipinski definition) is 1. The van der Waals surface area contributed by atoms with Crippen LogP contribution in [-0.4, -0.2) is 29.2 Å². The van der Waals surface area contributed by atoms with Crippen molar-refractivity contribution in [1.82, 2.24) is 4.90 Å². The molecule has 3 nitrogen and oxygen atoms in total. The summed E-state index contributed by atoms with van der Waals surface area (Å²) in [7, 11) is 0. The molecule has 0 radical (unpaired) electrons. The van der Waals surface area contributed by atoms with Crippen molar-refractivity contribution in [2.75, 3.05) is 13.2 Å². The second kappa shape index (κ2) is 6.51. The lowest BCUT2D eigenvalue weighted by Gasteiger charge is -2.37. The monoisotopic (exact) mass is 322 g/mol. The zero-order valence-electron chi connectivity index (χ0n) is 11.1. The van der Waals surface area contributed by atoms with Crippen LogP contribution in [0.3, 0.4) is 0 Å². The number of piperidine rings is 1. The molecular weight excluding hydrogens is 304 g/mol. The highest BCUT2D eigenvalue weighted by Gasteiger charge is 2.25. The summed E-state index contributed by atoms with van der Waals surface area (Å²) < 4.78 is 0.991. The summed E-state index contributed by atoms with van der Waals surface area (Å²) in [6.45, 7) is 4.33. The van der Waals surface area contributed by atoms with E-state index in [1.807, 2.05) is 18.2 Å². The first-order valence-electron chi connectivity index (χ1n) is 6.67. The van der Waals surface area contributed by atoms with E-state index in [4.69, 9.17) is 5.26 Å². The van der Waals surface area contributed by atoms with E-state index >= 15 is 0 Å². The second-order valence-corrected chi connectivity index (χ2v) is 6.18. The molecule has 1 aromatic rings. The van der Waals surface area contributed by atoms with Gasteiger partial charge in [0.15, 0.2) is 0 Å². The van der Waals surface area contributed by atoms with E-state index in [9.17, 15) is 5.11 Å². The van der Waals surface area contributed by atoms with Crippen LogP contribution >= 0.6 is 15.9 Å². The number of likely N-dealkylation sites (tertiary alicyclic amines) is 1. The zero-order valence-corrected chi connectivity index (χ0v) is 12.7. The van der Waals surface area contributed by atoms with Crippen molar-refractivity contribution in [3.63, 3.8) is 0 Å². The van der Waals surface area contributed by atoms with Crippen LogP contribution in [0.1, 0.15) is 30.9 Å².